The predicted molar refractivity (Wildman–Crippen MR) is 137 cm³/mol. The van der Waals surface area contributed by atoms with Gasteiger partial charge in [-0.05, 0) is 42.3 Å². The fourth-order valence-electron chi connectivity index (χ4n) is 3.59. The van der Waals surface area contributed by atoms with E-state index in [9.17, 15) is 32.7 Å². The van der Waals surface area contributed by atoms with Crippen molar-refractivity contribution < 1.29 is 33.0 Å². The maximum atomic E-state index is 13.1. The SMILES string of the molecule is O=C(O)NCCC(NC(=O)Cn1nc(-c2ccc(Cl)cc2)n(C[C@H](O)C(F)(F)F)c1=O)c1cccc(Cl)c1Cl. The van der Waals surface area contributed by atoms with Crippen LogP contribution in [0.3, 0.4) is 0 Å². The summed E-state index contributed by atoms with van der Waals surface area (Å²) in [5, 5.41) is 27.9. The summed E-state index contributed by atoms with van der Waals surface area (Å²) in [6, 6.07) is 9.50. The zero-order chi connectivity index (χ0) is 28.9. The molecule has 1 aromatic heterocycles. The lowest BCUT2D eigenvalue weighted by Crippen LogP contribution is -2.39. The van der Waals surface area contributed by atoms with E-state index < -0.39 is 49.1 Å². The van der Waals surface area contributed by atoms with Crippen molar-refractivity contribution in [2.75, 3.05) is 6.54 Å². The zero-order valence-corrected chi connectivity index (χ0v) is 22.0. The van der Waals surface area contributed by atoms with Crippen molar-refractivity contribution in [2.24, 2.45) is 0 Å². The van der Waals surface area contributed by atoms with Gasteiger partial charge in [-0.25, -0.2) is 14.3 Å². The fourth-order valence-corrected chi connectivity index (χ4v) is 4.16. The lowest BCUT2D eigenvalue weighted by molar-refractivity contribution is -0.207. The van der Waals surface area contributed by atoms with E-state index in [1.54, 1.807) is 12.1 Å². The number of carbonyl (C=O) groups excluding carboxylic acids is 1. The van der Waals surface area contributed by atoms with Crippen LogP contribution in [0.2, 0.25) is 15.1 Å². The second-order valence-electron chi connectivity index (χ2n) is 8.22. The van der Waals surface area contributed by atoms with Crippen molar-refractivity contribution in [3.05, 3.63) is 73.6 Å². The molecule has 0 saturated heterocycles. The molecule has 0 saturated carbocycles. The molecule has 0 bridgehead atoms. The van der Waals surface area contributed by atoms with Gasteiger partial charge in [0, 0.05) is 17.1 Å². The first-order valence-electron chi connectivity index (χ1n) is 11.2. The zero-order valence-electron chi connectivity index (χ0n) is 19.8. The largest absolute Gasteiger partial charge is 0.465 e. The van der Waals surface area contributed by atoms with E-state index >= 15 is 0 Å². The standard InChI is InChI=1S/C23H21Cl3F3N5O5/c24-13-6-4-12(5-7-13)20-32-34(22(39)33(20)10-17(35)23(27,28)29)11-18(36)31-16(8-9-30-21(37)38)14-2-1-3-15(25)19(14)26/h1-7,16-17,30,35H,8-11H2,(H,31,36)(H,37,38)/t16?,17-/m0/s1. The molecule has 0 aliphatic carbocycles. The summed E-state index contributed by atoms with van der Waals surface area (Å²) in [4.78, 5) is 36.8. The molecule has 16 heteroatoms. The number of aliphatic hydroxyl groups excluding tert-OH is 1. The van der Waals surface area contributed by atoms with Crippen molar-refractivity contribution in [3.8, 4) is 11.4 Å². The number of benzene rings is 2. The lowest BCUT2D eigenvalue weighted by atomic mass is 10.0. The Morgan fingerprint density at radius 3 is 2.36 bits per heavy atom. The molecule has 2 atom stereocenters. The number of alkyl halides is 3. The van der Waals surface area contributed by atoms with E-state index in [2.05, 4.69) is 15.7 Å². The molecule has 0 spiro atoms. The number of amides is 2. The number of rotatable bonds is 10. The van der Waals surface area contributed by atoms with Gasteiger partial charge in [-0.2, -0.15) is 13.2 Å². The quantitative estimate of drug-likeness (QED) is 0.273. The van der Waals surface area contributed by atoms with Gasteiger partial charge in [-0.1, -0.05) is 46.9 Å². The van der Waals surface area contributed by atoms with Crippen LogP contribution >= 0.6 is 34.8 Å². The number of hydrogen-bond donors (Lipinski definition) is 4. The van der Waals surface area contributed by atoms with Crippen LogP contribution in [-0.4, -0.2) is 55.4 Å². The Hall–Kier alpha value is -3.26. The molecule has 1 heterocycles. The maximum Gasteiger partial charge on any atom is 0.416 e. The van der Waals surface area contributed by atoms with Gasteiger partial charge in [0.25, 0.3) is 0 Å². The molecule has 3 rings (SSSR count). The number of nitrogens with one attached hydrogen (secondary N) is 2. The molecule has 3 aromatic rings. The molecule has 0 aliphatic heterocycles. The lowest BCUT2D eigenvalue weighted by Gasteiger charge is -2.21. The molecular formula is C23H21Cl3F3N5O5. The van der Waals surface area contributed by atoms with Crippen LogP contribution in [0.1, 0.15) is 18.0 Å². The number of carboxylic acid groups (broad SMARTS) is 1. The Morgan fingerprint density at radius 1 is 1.08 bits per heavy atom. The normalized spacial score (nSPS) is 13.1. The van der Waals surface area contributed by atoms with Crippen molar-refractivity contribution in [3.63, 3.8) is 0 Å². The Bertz CT molecular complexity index is 1400. The highest BCUT2D eigenvalue weighted by Gasteiger charge is 2.39. The molecular weight excluding hydrogens is 590 g/mol. The third kappa shape index (κ3) is 7.88. The van der Waals surface area contributed by atoms with Gasteiger partial charge >= 0.3 is 18.0 Å². The summed E-state index contributed by atoms with van der Waals surface area (Å²) in [5.74, 6) is -1.01. The van der Waals surface area contributed by atoms with Crippen LogP contribution in [0.5, 0.6) is 0 Å². The second-order valence-corrected chi connectivity index (χ2v) is 9.44. The minimum Gasteiger partial charge on any atom is -0.465 e. The van der Waals surface area contributed by atoms with Crippen LogP contribution in [0.4, 0.5) is 18.0 Å². The molecule has 10 nitrogen and oxygen atoms in total. The number of nitrogens with zero attached hydrogens (tertiary/aromatic N) is 3. The van der Waals surface area contributed by atoms with Crippen LogP contribution < -0.4 is 16.3 Å². The van der Waals surface area contributed by atoms with Gasteiger partial charge in [0.05, 0.1) is 22.6 Å². The van der Waals surface area contributed by atoms with E-state index in [-0.39, 0.29) is 34.4 Å². The smallest absolute Gasteiger partial charge is 0.416 e. The van der Waals surface area contributed by atoms with E-state index in [0.29, 0.717) is 19.8 Å². The van der Waals surface area contributed by atoms with Crippen LogP contribution in [0, 0.1) is 0 Å². The summed E-state index contributed by atoms with van der Waals surface area (Å²) < 4.78 is 40.4. The Labute approximate surface area is 233 Å². The van der Waals surface area contributed by atoms with E-state index in [1.807, 2.05) is 0 Å². The summed E-state index contributed by atoms with van der Waals surface area (Å²) >= 11 is 18.2. The molecule has 4 N–H and O–H groups in total. The van der Waals surface area contributed by atoms with Crippen LogP contribution in [0.25, 0.3) is 11.4 Å². The predicted octanol–water partition coefficient (Wildman–Crippen LogP) is 4.11. The third-order valence-electron chi connectivity index (χ3n) is 5.45. The van der Waals surface area contributed by atoms with Crippen molar-refractivity contribution >= 4 is 46.8 Å². The summed E-state index contributed by atoms with van der Waals surface area (Å²) in [5.41, 5.74) is -0.491. The minimum absolute atomic E-state index is 0.0508. The molecule has 2 amide bonds. The van der Waals surface area contributed by atoms with Crippen molar-refractivity contribution in [2.45, 2.75) is 37.8 Å². The topological polar surface area (TPSA) is 138 Å². The maximum absolute atomic E-state index is 13.1. The highest BCUT2D eigenvalue weighted by molar-refractivity contribution is 6.42. The van der Waals surface area contributed by atoms with Gasteiger partial charge in [-0.15, -0.1) is 5.10 Å². The molecule has 39 heavy (non-hydrogen) atoms. The Kier molecular flexibility index (Phi) is 9.88. The van der Waals surface area contributed by atoms with Gasteiger partial charge in [0.15, 0.2) is 11.9 Å². The van der Waals surface area contributed by atoms with E-state index in [4.69, 9.17) is 39.9 Å². The number of carbonyl (C=O) groups is 2. The second kappa shape index (κ2) is 12.7. The first-order valence-corrected chi connectivity index (χ1v) is 12.3. The summed E-state index contributed by atoms with van der Waals surface area (Å²) in [7, 11) is 0. The van der Waals surface area contributed by atoms with Crippen molar-refractivity contribution in [1.82, 2.24) is 25.0 Å². The van der Waals surface area contributed by atoms with Gasteiger partial charge in [0.2, 0.25) is 5.91 Å². The molecule has 0 aliphatic rings. The van der Waals surface area contributed by atoms with Crippen LogP contribution in [-0.2, 0) is 17.9 Å². The Morgan fingerprint density at radius 2 is 1.74 bits per heavy atom. The number of hydrogen-bond acceptors (Lipinski definition) is 5. The highest BCUT2D eigenvalue weighted by atomic mass is 35.5. The summed E-state index contributed by atoms with van der Waals surface area (Å²) in [6.07, 6.45) is -9.12. The third-order valence-corrected chi connectivity index (χ3v) is 6.54. The summed E-state index contributed by atoms with van der Waals surface area (Å²) in [6.45, 7) is -1.95. The number of halogens is 6. The average Bonchev–Trinajstić information content (AvgIpc) is 3.14. The van der Waals surface area contributed by atoms with E-state index in [1.165, 1.54) is 30.3 Å². The molecule has 1 unspecified atom stereocenters. The molecule has 210 valence electrons. The van der Waals surface area contributed by atoms with Gasteiger partial charge in [0.1, 0.15) is 6.54 Å². The molecule has 0 fully saturated rings. The van der Waals surface area contributed by atoms with Crippen molar-refractivity contribution in [1.29, 1.82) is 0 Å². The number of aromatic nitrogens is 3. The van der Waals surface area contributed by atoms with E-state index in [0.717, 1.165) is 0 Å². The first kappa shape index (κ1) is 30.3. The molecule has 0 radical (unpaired) electrons. The average molecular weight is 611 g/mol. The number of aliphatic hydroxyl groups is 1. The monoisotopic (exact) mass is 609 g/mol. The first-order chi connectivity index (χ1) is 18.3. The Balaban J connectivity index is 1.92. The van der Waals surface area contributed by atoms with Gasteiger partial charge < -0.3 is 20.8 Å². The van der Waals surface area contributed by atoms with Gasteiger partial charge in [-0.3, -0.25) is 9.36 Å². The fraction of sp³-hybridized carbons (Fsp3) is 0.304. The molecule has 2 aromatic carbocycles. The highest BCUT2D eigenvalue weighted by Crippen LogP contribution is 2.31. The minimum atomic E-state index is -5.01. The van der Waals surface area contributed by atoms with Crippen LogP contribution in [0.15, 0.2) is 47.3 Å².